The number of sulfonamides is 1. The second-order valence-electron chi connectivity index (χ2n) is 6.07. The summed E-state index contributed by atoms with van der Waals surface area (Å²) >= 11 is 12.0. The second-order valence-corrected chi connectivity index (χ2v) is 8.56. The molecular weight excluding hydrogens is 468 g/mol. The highest BCUT2D eigenvalue weighted by Gasteiger charge is 2.30. The van der Waals surface area contributed by atoms with Crippen LogP contribution in [0.5, 0.6) is 0 Å². The number of benzene rings is 2. The standard InChI is InChI=1S/C18H15Cl2F3N2O4S/c1-2-15(26)24-17-13(19)8-12(9-14(17)20)30(28,29)25-16(27)7-10-4-3-5-11(6-10)18(21,22)23/h3-6,8-9H,2,7H2,1H3,(H,24,26)(H,25,27). The molecule has 0 fully saturated rings. The van der Waals surface area contributed by atoms with Gasteiger partial charge < -0.3 is 5.32 Å². The van der Waals surface area contributed by atoms with Crippen LogP contribution in [0.1, 0.15) is 24.5 Å². The van der Waals surface area contributed by atoms with Crippen molar-refractivity contribution in [2.75, 3.05) is 5.32 Å². The first kappa shape index (κ1) is 24.0. The summed E-state index contributed by atoms with van der Waals surface area (Å²) in [7, 11) is -4.42. The molecule has 2 aromatic carbocycles. The number of alkyl halides is 3. The van der Waals surface area contributed by atoms with Crippen LogP contribution in [0, 0.1) is 0 Å². The van der Waals surface area contributed by atoms with Gasteiger partial charge in [0.15, 0.2) is 0 Å². The fourth-order valence-corrected chi connectivity index (χ4v) is 4.09. The van der Waals surface area contributed by atoms with Crippen molar-refractivity contribution in [1.29, 1.82) is 0 Å². The van der Waals surface area contributed by atoms with Crippen LogP contribution < -0.4 is 10.0 Å². The number of rotatable bonds is 6. The van der Waals surface area contributed by atoms with E-state index in [2.05, 4.69) is 5.32 Å². The summed E-state index contributed by atoms with van der Waals surface area (Å²) in [5, 5.41) is 2.08. The van der Waals surface area contributed by atoms with Gasteiger partial charge in [-0.1, -0.05) is 48.3 Å². The maximum absolute atomic E-state index is 12.8. The van der Waals surface area contributed by atoms with Crippen molar-refractivity contribution in [1.82, 2.24) is 4.72 Å². The van der Waals surface area contributed by atoms with Crippen molar-refractivity contribution in [3.05, 3.63) is 57.6 Å². The number of carbonyl (C=O) groups excluding carboxylic acids is 2. The molecule has 12 heteroatoms. The van der Waals surface area contributed by atoms with E-state index in [4.69, 9.17) is 23.2 Å². The lowest BCUT2D eigenvalue weighted by Crippen LogP contribution is -2.32. The molecule has 6 nitrogen and oxygen atoms in total. The number of hydrogen-bond donors (Lipinski definition) is 2. The maximum Gasteiger partial charge on any atom is 0.416 e. The summed E-state index contributed by atoms with van der Waals surface area (Å²) in [5.41, 5.74) is -0.968. The van der Waals surface area contributed by atoms with Gasteiger partial charge in [-0.3, -0.25) is 9.59 Å². The van der Waals surface area contributed by atoms with Crippen LogP contribution in [0.3, 0.4) is 0 Å². The molecule has 0 heterocycles. The van der Waals surface area contributed by atoms with E-state index in [1.165, 1.54) is 6.07 Å². The highest BCUT2D eigenvalue weighted by Crippen LogP contribution is 2.33. The molecule has 2 aromatic rings. The van der Waals surface area contributed by atoms with Gasteiger partial charge in [-0.05, 0) is 23.8 Å². The van der Waals surface area contributed by atoms with Gasteiger partial charge in [0.25, 0.3) is 10.0 Å². The van der Waals surface area contributed by atoms with E-state index in [1.54, 1.807) is 11.6 Å². The molecular formula is C18H15Cl2F3N2O4S. The quantitative estimate of drug-likeness (QED) is 0.637. The number of nitrogens with one attached hydrogen (secondary N) is 2. The Balaban J connectivity index is 2.20. The van der Waals surface area contributed by atoms with Crippen LogP contribution in [-0.2, 0) is 32.2 Å². The number of anilines is 1. The molecule has 0 atom stereocenters. The summed E-state index contributed by atoms with van der Waals surface area (Å²) < 4.78 is 64.9. The van der Waals surface area contributed by atoms with Crippen LogP contribution in [0.25, 0.3) is 0 Å². The third-order valence-electron chi connectivity index (χ3n) is 3.78. The highest BCUT2D eigenvalue weighted by molar-refractivity contribution is 7.90. The normalized spacial score (nSPS) is 11.8. The van der Waals surface area contributed by atoms with Crippen LogP contribution in [0.4, 0.5) is 18.9 Å². The molecule has 2 rings (SSSR count). The van der Waals surface area contributed by atoms with E-state index in [-0.39, 0.29) is 27.7 Å². The van der Waals surface area contributed by atoms with Gasteiger partial charge in [-0.15, -0.1) is 0 Å². The Kier molecular flexibility index (Phi) is 7.38. The van der Waals surface area contributed by atoms with Crippen LogP contribution >= 0.6 is 23.2 Å². The molecule has 0 radical (unpaired) electrons. The summed E-state index contributed by atoms with van der Waals surface area (Å²) in [6, 6.07) is 5.94. The van der Waals surface area contributed by atoms with Crippen molar-refractivity contribution in [3.63, 3.8) is 0 Å². The minimum atomic E-state index is -4.60. The van der Waals surface area contributed by atoms with Crippen LogP contribution in [0.2, 0.25) is 10.0 Å². The Bertz CT molecular complexity index is 1070. The summed E-state index contributed by atoms with van der Waals surface area (Å²) in [6.45, 7) is 1.59. The molecule has 0 aliphatic carbocycles. The SMILES string of the molecule is CCC(=O)Nc1c(Cl)cc(S(=O)(=O)NC(=O)Cc2cccc(C(F)(F)F)c2)cc1Cl. The van der Waals surface area contributed by atoms with Crippen molar-refractivity contribution < 1.29 is 31.2 Å². The van der Waals surface area contributed by atoms with Gasteiger partial charge in [-0.2, -0.15) is 13.2 Å². The van der Waals surface area contributed by atoms with Crippen molar-refractivity contribution in [3.8, 4) is 0 Å². The minimum Gasteiger partial charge on any atom is -0.324 e. The first-order valence-corrected chi connectivity index (χ1v) is 10.6. The molecule has 0 saturated heterocycles. The third kappa shape index (κ3) is 6.10. The average molecular weight is 483 g/mol. The molecule has 2 N–H and O–H groups in total. The van der Waals surface area contributed by atoms with E-state index in [0.717, 1.165) is 30.3 Å². The number of amides is 2. The molecule has 162 valence electrons. The Morgan fingerprint density at radius 2 is 1.63 bits per heavy atom. The zero-order valence-corrected chi connectivity index (χ0v) is 17.6. The van der Waals surface area contributed by atoms with E-state index in [9.17, 15) is 31.2 Å². The molecule has 30 heavy (non-hydrogen) atoms. The van der Waals surface area contributed by atoms with Crippen molar-refractivity contribution in [2.45, 2.75) is 30.8 Å². The van der Waals surface area contributed by atoms with Crippen LogP contribution in [-0.4, -0.2) is 20.2 Å². The molecule has 0 aromatic heterocycles. The molecule has 0 aliphatic rings. The fraction of sp³-hybridized carbons (Fsp3) is 0.222. The lowest BCUT2D eigenvalue weighted by molar-refractivity contribution is -0.137. The smallest absolute Gasteiger partial charge is 0.324 e. The third-order valence-corrected chi connectivity index (χ3v) is 5.73. The Hall–Kier alpha value is -2.30. The molecule has 0 saturated carbocycles. The number of carbonyl (C=O) groups is 2. The monoisotopic (exact) mass is 482 g/mol. The molecule has 0 spiro atoms. The first-order valence-electron chi connectivity index (χ1n) is 8.34. The summed E-state index contributed by atoms with van der Waals surface area (Å²) in [4.78, 5) is 23.1. The predicted molar refractivity (Wildman–Crippen MR) is 106 cm³/mol. The first-order chi connectivity index (χ1) is 13.8. The van der Waals surface area contributed by atoms with E-state index < -0.39 is 44.9 Å². The molecule has 2 amide bonds. The Labute approximate surface area is 180 Å². The van der Waals surface area contributed by atoms with Gasteiger partial charge in [-0.25, -0.2) is 13.1 Å². The van der Waals surface area contributed by atoms with E-state index in [1.807, 2.05) is 0 Å². The minimum absolute atomic E-state index is 0.0134. The van der Waals surface area contributed by atoms with Gasteiger partial charge in [0.05, 0.1) is 32.6 Å². The molecule has 0 unspecified atom stereocenters. The Morgan fingerprint density at radius 1 is 1.03 bits per heavy atom. The van der Waals surface area contributed by atoms with E-state index in [0.29, 0.717) is 0 Å². The van der Waals surface area contributed by atoms with Gasteiger partial charge in [0, 0.05) is 6.42 Å². The lowest BCUT2D eigenvalue weighted by Gasteiger charge is -2.12. The largest absolute Gasteiger partial charge is 0.416 e. The van der Waals surface area contributed by atoms with Crippen LogP contribution in [0.15, 0.2) is 41.3 Å². The average Bonchev–Trinajstić information content (AvgIpc) is 2.63. The zero-order valence-electron chi connectivity index (χ0n) is 15.3. The second kappa shape index (κ2) is 9.23. The summed E-state index contributed by atoms with van der Waals surface area (Å²) in [5.74, 6) is -1.45. The summed E-state index contributed by atoms with van der Waals surface area (Å²) in [6.07, 6.45) is -5.06. The highest BCUT2D eigenvalue weighted by atomic mass is 35.5. The van der Waals surface area contributed by atoms with Gasteiger partial charge in [0.2, 0.25) is 11.8 Å². The topological polar surface area (TPSA) is 92.3 Å². The molecule has 0 aliphatic heterocycles. The Morgan fingerprint density at radius 3 is 2.17 bits per heavy atom. The lowest BCUT2D eigenvalue weighted by atomic mass is 10.1. The number of halogens is 5. The zero-order chi connectivity index (χ0) is 22.7. The van der Waals surface area contributed by atoms with E-state index >= 15 is 0 Å². The van der Waals surface area contributed by atoms with Crippen molar-refractivity contribution in [2.24, 2.45) is 0 Å². The predicted octanol–water partition coefficient (Wildman–Crippen LogP) is 4.41. The van der Waals surface area contributed by atoms with Gasteiger partial charge >= 0.3 is 6.18 Å². The fourth-order valence-electron chi connectivity index (χ4n) is 2.34. The maximum atomic E-state index is 12.8. The van der Waals surface area contributed by atoms with Crippen molar-refractivity contribution >= 4 is 50.7 Å². The molecule has 0 bridgehead atoms. The number of hydrogen-bond acceptors (Lipinski definition) is 4. The van der Waals surface area contributed by atoms with Gasteiger partial charge in [0.1, 0.15) is 0 Å².